The molecule has 8 nitrogen and oxygen atoms in total. The van der Waals surface area contributed by atoms with Gasteiger partial charge in [0, 0.05) is 13.1 Å². The number of aliphatic hydroxyl groups excluding tert-OH is 1. The van der Waals surface area contributed by atoms with Gasteiger partial charge < -0.3 is 14.4 Å². The molecule has 0 aliphatic heterocycles. The number of carbonyl (C=O) groups is 1. The predicted octanol–water partition coefficient (Wildman–Crippen LogP) is 2.37. The molecule has 0 spiro atoms. The van der Waals surface area contributed by atoms with Crippen molar-refractivity contribution >= 4 is 11.7 Å². The fourth-order valence-electron chi connectivity index (χ4n) is 2.22. The lowest BCUT2D eigenvalue weighted by Crippen LogP contribution is -2.25. The lowest BCUT2D eigenvalue weighted by molar-refractivity contribution is -0.386. The summed E-state index contributed by atoms with van der Waals surface area (Å²) in [5.74, 6) is -0.469. The van der Waals surface area contributed by atoms with E-state index in [-0.39, 0.29) is 22.8 Å². The van der Waals surface area contributed by atoms with E-state index in [1.807, 2.05) is 0 Å². The Kier molecular flexibility index (Phi) is 4.70. The molecule has 1 unspecified atom stereocenters. The first-order valence-electron chi connectivity index (χ1n) is 7.28. The fourth-order valence-corrected chi connectivity index (χ4v) is 2.22. The molecule has 1 aromatic heterocycles. The first-order valence-corrected chi connectivity index (χ1v) is 7.28. The maximum atomic E-state index is 12.2. The van der Waals surface area contributed by atoms with Crippen LogP contribution in [0.25, 0.3) is 0 Å². The van der Waals surface area contributed by atoms with Gasteiger partial charge in [-0.05, 0) is 26.8 Å². The van der Waals surface area contributed by atoms with E-state index in [1.165, 1.54) is 29.0 Å². The Morgan fingerprint density at radius 1 is 1.38 bits per heavy atom. The lowest BCUT2D eigenvalue weighted by atomic mass is 10.1. The second kappa shape index (κ2) is 6.40. The first kappa shape index (κ1) is 17.6. The van der Waals surface area contributed by atoms with E-state index in [1.54, 1.807) is 33.9 Å². The molecule has 2 aromatic rings. The number of benzene rings is 1. The second-order valence-electron chi connectivity index (χ2n) is 6.28. The topological polar surface area (TPSA) is 107 Å². The summed E-state index contributed by atoms with van der Waals surface area (Å²) in [6, 6.07) is 5.85. The van der Waals surface area contributed by atoms with Gasteiger partial charge in [0.25, 0.3) is 5.69 Å². The molecule has 0 saturated heterocycles. The van der Waals surface area contributed by atoms with Crippen molar-refractivity contribution in [2.45, 2.75) is 32.5 Å². The molecule has 0 radical (unpaired) electrons. The molecule has 2 rings (SSSR count). The SMILES string of the molecule is Cn1c(C(=O)OC(C)(C)C)cnc1C(O)c1ccccc1[N+](=O)[O-]. The molecule has 1 N–H and O–H groups in total. The molecule has 24 heavy (non-hydrogen) atoms. The van der Waals surface area contributed by atoms with Crippen molar-refractivity contribution < 1.29 is 19.6 Å². The summed E-state index contributed by atoms with van der Waals surface area (Å²) in [4.78, 5) is 26.7. The molecule has 0 aliphatic rings. The molecular weight excluding hydrogens is 314 g/mol. The van der Waals surface area contributed by atoms with Crippen molar-refractivity contribution in [1.82, 2.24) is 9.55 Å². The molecule has 0 fully saturated rings. The number of aliphatic hydroxyl groups is 1. The number of aromatic nitrogens is 2. The summed E-state index contributed by atoms with van der Waals surface area (Å²) in [5.41, 5.74) is -0.630. The van der Waals surface area contributed by atoms with Crippen molar-refractivity contribution in [3.8, 4) is 0 Å². The van der Waals surface area contributed by atoms with Gasteiger partial charge in [-0.25, -0.2) is 9.78 Å². The highest BCUT2D eigenvalue weighted by molar-refractivity contribution is 5.87. The molecular formula is C16H19N3O5. The highest BCUT2D eigenvalue weighted by atomic mass is 16.6. The number of nitrogens with zero attached hydrogens (tertiary/aromatic N) is 3. The predicted molar refractivity (Wildman–Crippen MR) is 85.5 cm³/mol. The van der Waals surface area contributed by atoms with Crippen molar-refractivity contribution in [2.24, 2.45) is 7.05 Å². The van der Waals surface area contributed by atoms with Gasteiger partial charge in [-0.1, -0.05) is 12.1 Å². The number of imidazole rings is 1. The van der Waals surface area contributed by atoms with Crippen LogP contribution in [0.2, 0.25) is 0 Å². The van der Waals surface area contributed by atoms with Crippen LogP contribution in [0.4, 0.5) is 5.69 Å². The van der Waals surface area contributed by atoms with Crippen LogP contribution in [-0.2, 0) is 11.8 Å². The van der Waals surface area contributed by atoms with Crippen LogP contribution in [0, 0.1) is 10.1 Å². The minimum atomic E-state index is -1.34. The molecule has 0 bridgehead atoms. The average Bonchev–Trinajstić information content (AvgIpc) is 2.86. The van der Waals surface area contributed by atoms with Gasteiger partial charge in [0.15, 0.2) is 0 Å². The average molecular weight is 333 g/mol. The van der Waals surface area contributed by atoms with Crippen LogP contribution in [0.3, 0.4) is 0 Å². The Hall–Kier alpha value is -2.74. The molecule has 8 heteroatoms. The summed E-state index contributed by atoms with van der Waals surface area (Å²) < 4.78 is 6.65. The normalized spacial score (nSPS) is 12.7. The number of carbonyl (C=O) groups excluding carboxylic acids is 1. The van der Waals surface area contributed by atoms with Crippen LogP contribution < -0.4 is 0 Å². The van der Waals surface area contributed by atoms with Crippen molar-refractivity contribution in [1.29, 1.82) is 0 Å². The van der Waals surface area contributed by atoms with E-state index in [4.69, 9.17) is 4.74 Å². The smallest absolute Gasteiger partial charge is 0.357 e. The number of hydrogen-bond donors (Lipinski definition) is 1. The van der Waals surface area contributed by atoms with E-state index in [0.717, 1.165) is 0 Å². The molecule has 128 valence electrons. The summed E-state index contributed by atoms with van der Waals surface area (Å²) in [7, 11) is 1.54. The molecule has 1 aromatic carbocycles. The van der Waals surface area contributed by atoms with Gasteiger partial charge in [0.05, 0.1) is 16.7 Å². The van der Waals surface area contributed by atoms with Crippen molar-refractivity contribution in [3.05, 3.63) is 57.7 Å². The Balaban J connectivity index is 2.38. The number of ether oxygens (including phenoxy) is 1. The largest absolute Gasteiger partial charge is 0.455 e. The zero-order chi connectivity index (χ0) is 18.1. The highest BCUT2D eigenvalue weighted by Gasteiger charge is 2.27. The molecule has 1 heterocycles. The molecule has 0 saturated carbocycles. The number of hydrogen-bond acceptors (Lipinski definition) is 6. The Morgan fingerprint density at radius 3 is 2.58 bits per heavy atom. The van der Waals surface area contributed by atoms with Crippen molar-refractivity contribution in [2.75, 3.05) is 0 Å². The van der Waals surface area contributed by atoms with Crippen LogP contribution >= 0.6 is 0 Å². The Labute approximate surface area is 138 Å². The second-order valence-corrected chi connectivity index (χ2v) is 6.28. The van der Waals surface area contributed by atoms with Crippen LogP contribution in [-0.4, -0.2) is 31.2 Å². The molecule has 1 atom stereocenters. The van der Waals surface area contributed by atoms with Crippen molar-refractivity contribution in [3.63, 3.8) is 0 Å². The third-order valence-corrected chi connectivity index (χ3v) is 3.30. The zero-order valence-electron chi connectivity index (χ0n) is 13.9. The standard InChI is InChI=1S/C16H19N3O5/c1-16(2,3)24-15(21)12-9-17-14(18(12)4)13(20)10-7-5-6-8-11(10)19(22)23/h5-9,13,20H,1-4H3. The molecule has 0 aliphatic carbocycles. The number of esters is 1. The third kappa shape index (κ3) is 3.60. The van der Waals surface area contributed by atoms with E-state index in [2.05, 4.69) is 4.98 Å². The monoisotopic (exact) mass is 333 g/mol. The minimum Gasteiger partial charge on any atom is -0.455 e. The maximum Gasteiger partial charge on any atom is 0.357 e. The summed E-state index contributed by atoms with van der Waals surface area (Å²) >= 11 is 0. The number of para-hydroxylation sites is 1. The van der Waals surface area contributed by atoms with E-state index in [0.29, 0.717) is 0 Å². The Bertz CT molecular complexity index is 776. The van der Waals surface area contributed by atoms with Gasteiger partial charge >= 0.3 is 5.97 Å². The number of rotatable bonds is 4. The van der Waals surface area contributed by atoms with E-state index in [9.17, 15) is 20.0 Å². The summed E-state index contributed by atoms with van der Waals surface area (Å²) in [6.07, 6.45) is -0.0608. The minimum absolute atomic E-state index is 0.104. The van der Waals surface area contributed by atoms with Crippen LogP contribution in [0.15, 0.2) is 30.5 Å². The van der Waals surface area contributed by atoms with E-state index >= 15 is 0 Å². The van der Waals surface area contributed by atoms with E-state index < -0.39 is 22.6 Å². The van der Waals surface area contributed by atoms with Gasteiger partial charge in [-0.15, -0.1) is 0 Å². The Morgan fingerprint density at radius 2 is 2.00 bits per heavy atom. The first-order chi connectivity index (χ1) is 11.1. The zero-order valence-corrected chi connectivity index (χ0v) is 13.9. The van der Waals surface area contributed by atoms with Gasteiger partial charge in [0.2, 0.25) is 0 Å². The number of nitro groups is 1. The lowest BCUT2D eigenvalue weighted by Gasteiger charge is -2.19. The third-order valence-electron chi connectivity index (χ3n) is 3.30. The quantitative estimate of drug-likeness (QED) is 0.523. The highest BCUT2D eigenvalue weighted by Crippen LogP contribution is 2.29. The number of nitro benzene ring substituents is 1. The summed E-state index contributed by atoms with van der Waals surface area (Å²) in [6.45, 7) is 5.22. The van der Waals surface area contributed by atoms with Gasteiger partial charge in [0.1, 0.15) is 23.2 Å². The van der Waals surface area contributed by atoms with Gasteiger partial charge in [-0.2, -0.15) is 0 Å². The fraction of sp³-hybridized carbons (Fsp3) is 0.375. The summed E-state index contributed by atoms with van der Waals surface area (Å²) in [5, 5.41) is 21.6. The van der Waals surface area contributed by atoms with Gasteiger partial charge in [-0.3, -0.25) is 10.1 Å². The maximum absolute atomic E-state index is 12.2. The van der Waals surface area contributed by atoms with Crippen LogP contribution in [0.1, 0.15) is 48.8 Å². The van der Waals surface area contributed by atoms with Crippen LogP contribution in [0.5, 0.6) is 0 Å². The molecule has 0 amide bonds.